The lowest BCUT2D eigenvalue weighted by Crippen LogP contribution is -1.91. The van der Waals surface area contributed by atoms with Gasteiger partial charge >= 0.3 is 0 Å². The molecule has 0 bridgehead atoms. The maximum absolute atomic E-state index is 4.70. The van der Waals surface area contributed by atoms with Crippen molar-refractivity contribution in [2.24, 2.45) is 0 Å². The molecular weight excluding hydrogens is 244 g/mol. The van der Waals surface area contributed by atoms with Crippen molar-refractivity contribution in [2.45, 2.75) is 41.5 Å². The van der Waals surface area contributed by atoms with Gasteiger partial charge in [0.05, 0.1) is 11.0 Å². The quantitative estimate of drug-likeness (QED) is 0.506. The van der Waals surface area contributed by atoms with E-state index in [-0.39, 0.29) is 0 Å². The second-order valence-corrected chi connectivity index (χ2v) is 4.09. The first-order valence-corrected chi connectivity index (χ1v) is 7.37. The van der Waals surface area contributed by atoms with Crippen molar-refractivity contribution in [3.05, 3.63) is 47.8 Å². The maximum atomic E-state index is 4.70. The molecule has 3 aromatic rings. The van der Waals surface area contributed by atoms with E-state index in [1.54, 1.807) is 0 Å². The molecule has 0 aliphatic heterocycles. The van der Waals surface area contributed by atoms with Crippen LogP contribution in [0.15, 0.2) is 36.5 Å². The minimum Gasteiger partial charge on any atom is -0.261 e. The van der Waals surface area contributed by atoms with E-state index in [0.717, 1.165) is 22.1 Å². The monoisotopic (exact) mass is 268 g/mol. The van der Waals surface area contributed by atoms with Crippen LogP contribution in [0.25, 0.3) is 21.8 Å². The Labute approximate surface area is 121 Å². The largest absolute Gasteiger partial charge is 0.261 e. The normalized spacial score (nSPS) is 9.50. The fourth-order valence-electron chi connectivity index (χ4n) is 1.97. The van der Waals surface area contributed by atoms with Crippen molar-refractivity contribution < 1.29 is 0 Å². The molecule has 0 radical (unpaired) electrons. The Morgan fingerprint density at radius 2 is 1.50 bits per heavy atom. The molecule has 0 spiro atoms. The molecule has 0 amide bonds. The van der Waals surface area contributed by atoms with E-state index in [1.165, 1.54) is 10.9 Å². The zero-order chi connectivity index (χ0) is 15.1. The Morgan fingerprint density at radius 1 is 0.850 bits per heavy atom. The van der Waals surface area contributed by atoms with Crippen molar-refractivity contribution in [1.82, 2.24) is 9.97 Å². The molecule has 0 saturated heterocycles. The van der Waals surface area contributed by atoms with E-state index in [4.69, 9.17) is 4.98 Å². The first kappa shape index (κ1) is 16.1. The predicted octanol–water partition coefficient (Wildman–Crippen LogP) is 5.45. The van der Waals surface area contributed by atoms with Gasteiger partial charge in [-0.2, -0.15) is 0 Å². The third-order valence-corrected chi connectivity index (χ3v) is 3.05. The summed E-state index contributed by atoms with van der Waals surface area (Å²) < 4.78 is 0. The van der Waals surface area contributed by atoms with E-state index in [0.29, 0.717) is 0 Å². The number of aromatic nitrogens is 2. The van der Waals surface area contributed by atoms with Gasteiger partial charge in [0.1, 0.15) is 0 Å². The fraction of sp³-hybridized carbons (Fsp3) is 0.333. The number of hydrogen-bond acceptors (Lipinski definition) is 2. The summed E-state index contributed by atoms with van der Waals surface area (Å²) in [6.45, 7) is 12.1. The smallest absolute Gasteiger partial charge is 0.0772 e. The van der Waals surface area contributed by atoms with Gasteiger partial charge in [-0.05, 0) is 31.5 Å². The number of hydrogen-bond donors (Lipinski definition) is 0. The minimum absolute atomic E-state index is 1.05. The molecule has 0 unspecified atom stereocenters. The fourth-order valence-corrected chi connectivity index (χ4v) is 1.97. The second kappa shape index (κ2) is 7.59. The lowest BCUT2D eigenvalue weighted by molar-refractivity contribution is 1.17. The Kier molecular flexibility index (Phi) is 6.10. The van der Waals surface area contributed by atoms with E-state index in [2.05, 4.69) is 24.0 Å². The number of pyridine rings is 2. The molecule has 0 N–H and O–H groups in total. The van der Waals surface area contributed by atoms with Crippen LogP contribution in [-0.2, 0) is 0 Å². The SMILES string of the molecule is CC.CC.Cc1ncc2cc3ccccc3nc2c1C. The van der Waals surface area contributed by atoms with Crippen LogP contribution < -0.4 is 0 Å². The molecule has 0 atom stereocenters. The van der Waals surface area contributed by atoms with Crippen LogP contribution in [0, 0.1) is 13.8 Å². The summed E-state index contributed by atoms with van der Waals surface area (Å²) in [5.74, 6) is 0. The van der Waals surface area contributed by atoms with Crippen molar-refractivity contribution >= 4 is 21.8 Å². The molecule has 20 heavy (non-hydrogen) atoms. The van der Waals surface area contributed by atoms with Crippen molar-refractivity contribution in [3.8, 4) is 0 Å². The highest BCUT2D eigenvalue weighted by Gasteiger charge is 2.04. The van der Waals surface area contributed by atoms with Gasteiger partial charge in [0.15, 0.2) is 0 Å². The molecule has 2 nitrogen and oxygen atoms in total. The van der Waals surface area contributed by atoms with Crippen LogP contribution in [-0.4, -0.2) is 9.97 Å². The van der Waals surface area contributed by atoms with Gasteiger partial charge < -0.3 is 0 Å². The van der Waals surface area contributed by atoms with E-state index >= 15 is 0 Å². The summed E-state index contributed by atoms with van der Waals surface area (Å²) in [6.07, 6.45) is 1.90. The number of aryl methyl sites for hydroxylation is 2. The Hall–Kier alpha value is -1.96. The maximum Gasteiger partial charge on any atom is 0.0772 e. The highest BCUT2D eigenvalue weighted by molar-refractivity contribution is 5.93. The predicted molar refractivity (Wildman–Crippen MR) is 89.2 cm³/mol. The summed E-state index contributed by atoms with van der Waals surface area (Å²) in [4.78, 5) is 9.07. The van der Waals surface area contributed by atoms with Crippen molar-refractivity contribution in [1.29, 1.82) is 0 Å². The Balaban J connectivity index is 0.000000461. The van der Waals surface area contributed by atoms with Crippen LogP contribution in [0.4, 0.5) is 0 Å². The molecule has 0 fully saturated rings. The molecule has 0 aliphatic rings. The molecular formula is C18H24N2. The summed E-state index contributed by atoms with van der Waals surface area (Å²) >= 11 is 0. The lowest BCUT2D eigenvalue weighted by atomic mass is 10.1. The van der Waals surface area contributed by atoms with E-state index in [9.17, 15) is 0 Å². The second-order valence-electron chi connectivity index (χ2n) is 4.09. The average molecular weight is 268 g/mol. The first-order chi connectivity index (χ1) is 9.75. The third-order valence-electron chi connectivity index (χ3n) is 3.05. The highest BCUT2D eigenvalue weighted by Crippen LogP contribution is 2.22. The summed E-state index contributed by atoms with van der Waals surface area (Å²) in [7, 11) is 0. The van der Waals surface area contributed by atoms with Crippen molar-refractivity contribution in [2.75, 3.05) is 0 Å². The molecule has 2 aromatic heterocycles. The molecule has 0 saturated carbocycles. The highest BCUT2D eigenvalue weighted by atomic mass is 14.7. The number of fused-ring (bicyclic) bond motifs is 2. The molecule has 106 valence electrons. The van der Waals surface area contributed by atoms with Crippen molar-refractivity contribution in [3.63, 3.8) is 0 Å². The zero-order valence-electron chi connectivity index (χ0n) is 13.4. The standard InChI is InChI=1S/C14H12N2.2C2H6/c1-9-10(2)15-8-12-7-11-5-3-4-6-13(11)16-14(9)12;2*1-2/h3-8H,1-2H3;2*1-2H3. The minimum atomic E-state index is 1.05. The lowest BCUT2D eigenvalue weighted by Gasteiger charge is -2.05. The van der Waals surface area contributed by atoms with Gasteiger partial charge in [0.2, 0.25) is 0 Å². The van der Waals surface area contributed by atoms with Gasteiger partial charge in [-0.3, -0.25) is 4.98 Å². The van der Waals surface area contributed by atoms with Crippen LogP contribution in [0.1, 0.15) is 39.0 Å². The zero-order valence-corrected chi connectivity index (χ0v) is 13.4. The summed E-state index contributed by atoms with van der Waals surface area (Å²) in [5.41, 5.74) is 4.33. The average Bonchev–Trinajstić information content (AvgIpc) is 2.54. The third kappa shape index (κ3) is 3.13. The summed E-state index contributed by atoms with van der Waals surface area (Å²) in [6, 6.07) is 10.3. The topological polar surface area (TPSA) is 25.8 Å². The van der Waals surface area contributed by atoms with Gasteiger partial charge in [0, 0.05) is 22.7 Å². The molecule has 1 aromatic carbocycles. The molecule has 2 heteroatoms. The Bertz CT molecular complexity index is 687. The summed E-state index contributed by atoms with van der Waals surface area (Å²) in [5, 5.41) is 2.28. The van der Waals surface area contributed by atoms with E-state index < -0.39 is 0 Å². The molecule has 2 heterocycles. The van der Waals surface area contributed by atoms with Gasteiger partial charge in [0.25, 0.3) is 0 Å². The number of nitrogens with zero attached hydrogens (tertiary/aromatic N) is 2. The van der Waals surface area contributed by atoms with Crippen LogP contribution in [0.5, 0.6) is 0 Å². The Morgan fingerprint density at radius 3 is 2.20 bits per heavy atom. The number of para-hydroxylation sites is 1. The van der Waals surface area contributed by atoms with Gasteiger partial charge in [-0.25, -0.2) is 4.98 Å². The molecule has 0 aliphatic carbocycles. The van der Waals surface area contributed by atoms with Crippen LogP contribution in [0.2, 0.25) is 0 Å². The number of rotatable bonds is 0. The molecule has 3 rings (SSSR count). The first-order valence-electron chi connectivity index (χ1n) is 7.37. The number of benzene rings is 1. The van der Waals surface area contributed by atoms with Crippen LogP contribution in [0.3, 0.4) is 0 Å². The van der Waals surface area contributed by atoms with E-state index in [1.807, 2.05) is 59.0 Å². The van der Waals surface area contributed by atoms with Gasteiger partial charge in [-0.1, -0.05) is 45.9 Å². The van der Waals surface area contributed by atoms with Crippen LogP contribution >= 0.6 is 0 Å². The van der Waals surface area contributed by atoms with Gasteiger partial charge in [-0.15, -0.1) is 0 Å².